The smallest absolute Gasteiger partial charge is 0.328 e. The van der Waals surface area contributed by atoms with E-state index in [1.807, 2.05) is 13.8 Å². The number of hydrogen-bond donors (Lipinski definition) is 7. The number of carboxylic acid groups (broad SMARTS) is 1. The third-order valence-corrected chi connectivity index (χ3v) is 4.01. The Balaban J connectivity index is 5.15. The van der Waals surface area contributed by atoms with Crippen molar-refractivity contribution in [3.63, 3.8) is 0 Å². The molecule has 168 valence electrons. The van der Waals surface area contributed by atoms with E-state index in [1.165, 1.54) is 0 Å². The third-order valence-electron chi connectivity index (χ3n) is 4.01. The van der Waals surface area contributed by atoms with E-state index >= 15 is 0 Å². The number of carboxylic acids is 1. The van der Waals surface area contributed by atoms with Gasteiger partial charge in [-0.3, -0.25) is 14.4 Å². The minimum absolute atomic E-state index is 0.0370. The van der Waals surface area contributed by atoms with E-state index in [0.717, 1.165) is 0 Å². The number of nitrogens with two attached hydrogens (primary N) is 1. The van der Waals surface area contributed by atoms with Gasteiger partial charge in [-0.15, -0.1) is 0 Å². The van der Waals surface area contributed by atoms with Gasteiger partial charge in [0.05, 0.1) is 19.3 Å². The summed E-state index contributed by atoms with van der Waals surface area (Å²) in [7, 11) is 0. The van der Waals surface area contributed by atoms with E-state index in [0.29, 0.717) is 6.42 Å². The summed E-state index contributed by atoms with van der Waals surface area (Å²) < 4.78 is 0. The van der Waals surface area contributed by atoms with Crippen LogP contribution < -0.4 is 21.7 Å². The Morgan fingerprint density at radius 2 is 1.14 bits per heavy atom. The molecule has 3 amide bonds. The fourth-order valence-corrected chi connectivity index (χ4v) is 2.52. The zero-order valence-corrected chi connectivity index (χ0v) is 17.3. The van der Waals surface area contributed by atoms with Crippen LogP contribution in [0.4, 0.5) is 0 Å². The van der Waals surface area contributed by atoms with Gasteiger partial charge >= 0.3 is 5.97 Å². The lowest BCUT2D eigenvalue weighted by Gasteiger charge is -2.25. The van der Waals surface area contributed by atoms with E-state index < -0.39 is 61.1 Å². The number of aliphatic hydroxyl groups is 2. The summed E-state index contributed by atoms with van der Waals surface area (Å²) in [4.78, 5) is 48.0. The SMILES string of the molecule is CC(C)CC(N)C(=O)NC(CO)C(=O)NC(CC(C)C)C(=O)NC(CO)C(=O)O. The normalized spacial score (nSPS) is 15.3. The quantitative estimate of drug-likeness (QED) is 0.177. The van der Waals surface area contributed by atoms with Crippen molar-refractivity contribution in [2.45, 2.75) is 64.7 Å². The summed E-state index contributed by atoms with van der Waals surface area (Å²) in [6.45, 7) is 5.83. The Morgan fingerprint density at radius 3 is 1.55 bits per heavy atom. The summed E-state index contributed by atoms with van der Waals surface area (Å²) in [6.07, 6.45) is 0.565. The molecule has 11 nitrogen and oxygen atoms in total. The molecular formula is C18H34N4O7. The van der Waals surface area contributed by atoms with Crippen LogP contribution >= 0.6 is 0 Å². The molecule has 0 spiro atoms. The van der Waals surface area contributed by atoms with Gasteiger partial charge in [-0.1, -0.05) is 27.7 Å². The fourth-order valence-electron chi connectivity index (χ4n) is 2.52. The average molecular weight is 418 g/mol. The Hall–Kier alpha value is -2.24. The number of rotatable bonds is 13. The van der Waals surface area contributed by atoms with Crippen molar-refractivity contribution in [1.29, 1.82) is 0 Å². The number of aliphatic hydroxyl groups excluding tert-OH is 2. The van der Waals surface area contributed by atoms with Gasteiger partial charge in [-0.2, -0.15) is 0 Å². The maximum absolute atomic E-state index is 12.5. The Bertz CT molecular complexity index is 568. The predicted octanol–water partition coefficient (Wildman–Crippen LogP) is -2.07. The fraction of sp³-hybridized carbons (Fsp3) is 0.778. The highest BCUT2D eigenvalue weighted by molar-refractivity contribution is 5.94. The molecule has 11 heteroatoms. The molecule has 4 atom stereocenters. The van der Waals surface area contributed by atoms with Gasteiger partial charge < -0.3 is 37.0 Å². The van der Waals surface area contributed by atoms with Crippen LogP contribution in [0.15, 0.2) is 0 Å². The molecule has 8 N–H and O–H groups in total. The van der Waals surface area contributed by atoms with Crippen LogP contribution in [0.2, 0.25) is 0 Å². The summed E-state index contributed by atoms with van der Waals surface area (Å²) in [6, 6.07) is -4.81. The van der Waals surface area contributed by atoms with Crippen molar-refractivity contribution < 1.29 is 34.5 Å². The van der Waals surface area contributed by atoms with E-state index in [2.05, 4.69) is 16.0 Å². The molecule has 0 aromatic rings. The monoisotopic (exact) mass is 418 g/mol. The molecule has 0 rings (SSSR count). The molecule has 0 aromatic carbocycles. The second kappa shape index (κ2) is 13.1. The first-order valence-corrected chi connectivity index (χ1v) is 9.54. The van der Waals surface area contributed by atoms with Gasteiger partial charge in [0.15, 0.2) is 0 Å². The van der Waals surface area contributed by atoms with Crippen molar-refractivity contribution in [3.05, 3.63) is 0 Å². The first-order chi connectivity index (χ1) is 13.4. The van der Waals surface area contributed by atoms with Crippen LogP contribution in [0.5, 0.6) is 0 Å². The Labute approximate surface area is 170 Å². The van der Waals surface area contributed by atoms with Crippen LogP contribution in [0.3, 0.4) is 0 Å². The second-order valence-electron chi connectivity index (χ2n) is 7.75. The summed E-state index contributed by atoms with van der Waals surface area (Å²) >= 11 is 0. The molecule has 0 aliphatic heterocycles. The minimum Gasteiger partial charge on any atom is -0.480 e. The summed E-state index contributed by atoms with van der Waals surface area (Å²) in [5.41, 5.74) is 5.77. The first-order valence-electron chi connectivity index (χ1n) is 9.54. The van der Waals surface area contributed by atoms with Crippen molar-refractivity contribution in [2.24, 2.45) is 17.6 Å². The molecule has 0 bridgehead atoms. The van der Waals surface area contributed by atoms with Gasteiger partial charge in [0, 0.05) is 0 Å². The van der Waals surface area contributed by atoms with E-state index in [9.17, 15) is 24.3 Å². The third kappa shape index (κ3) is 10.2. The van der Waals surface area contributed by atoms with E-state index in [1.54, 1.807) is 13.8 Å². The molecule has 0 aliphatic carbocycles. The standard InChI is InChI=1S/C18H34N4O7/c1-9(2)5-11(19)15(25)21-13(7-23)17(27)20-12(6-10(3)4)16(26)22-14(8-24)18(28)29/h9-14,23-24H,5-8,19H2,1-4H3,(H,20,27)(H,21,25)(H,22,26)(H,28,29). The van der Waals surface area contributed by atoms with Gasteiger partial charge in [0.2, 0.25) is 17.7 Å². The molecule has 4 unspecified atom stereocenters. The van der Waals surface area contributed by atoms with Crippen molar-refractivity contribution in [3.8, 4) is 0 Å². The molecule has 0 aliphatic rings. The highest BCUT2D eigenvalue weighted by atomic mass is 16.4. The van der Waals surface area contributed by atoms with Crippen molar-refractivity contribution in [1.82, 2.24) is 16.0 Å². The summed E-state index contributed by atoms with van der Waals surface area (Å²) in [5, 5.41) is 34.4. The Morgan fingerprint density at radius 1 is 0.724 bits per heavy atom. The van der Waals surface area contributed by atoms with Crippen LogP contribution in [0.1, 0.15) is 40.5 Å². The molecule has 0 saturated carbocycles. The number of amides is 3. The lowest BCUT2D eigenvalue weighted by atomic mass is 10.0. The molecule has 0 radical (unpaired) electrons. The summed E-state index contributed by atoms with van der Waals surface area (Å²) in [5.74, 6) is -3.52. The number of aliphatic carboxylic acids is 1. The maximum Gasteiger partial charge on any atom is 0.328 e. The van der Waals surface area contributed by atoms with Gasteiger partial charge in [-0.05, 0) is 24.7 Å². The molecule has 0 saturated heterocycles. The Kier molecular flexibility index (Phi) is 12.1. The lowest BCUT2D eigenvalue weighted by molar-refractivity contribution is -0.143. The van der Waals surface area contributed by atoms with Crippen LogP contribution in [0, 0.1) is 11.8 Å². The van der Waals surface area contributed by atoms with Crippen molar-refractivity contribution in [2.75, 3.05) is 13.2 Å². The van der Waals surface area contributed by atoms with Gasteiger partial charge in [0.25, 0.3) is 0 Å². The van der Waals surface area contributed by atoms with Crippen LogP contribution in [-0.4, -0.2) is 76.4 Å². The lowest BCUT2D eigenvalue weighted by Crippen LogP contribution is -2.58. The zero-order chi connectivity index (χ0) is 22.7. The first kappa shape index (κ1) is 26.8. The number of hydrogen-bond acceptors (Lipinski definition) is 7. The highest BCUT2D eigenvalue weighted by Gasteiger charge is 2.30. The maximum atomic E-state index is 12.5. The van der Waals surface area contributed by atoms with E-state index in [4.69, 9.17) is 15.9 Å². The molecular weight excluding hydrogens is 384 g/mol. The zero-order valence-electron chi connectivity index (χ0n) is 17.3. The van der Waals surface area contributed by atoms with Gasteiger partial charge in [-0.25, -0.2) is 4.79 Å². The highest BCUT2D eigenvalue weighted by Crippen LogP contribution is 2.07. The average Bonchev–Trinajstić information content (AvgIpc) is 2.61. The predicted molar refractivity (Wildman–Crippen MR) is 104 cm³/mol. The molecule has 0 aromatic heterocycles. The van der Waals surface area contributed by atoms with E-state index in [-0.39, 0.29) is 18.3 Å². The largest absolute Gasteiger partial charge is 0.480 e. The van der Waals surface area contributed by atoms with Crippen LogP contribution in [-0.2, 0) is 19.2 Å². The molecule has 0 fully saturated rings. The number of carbonyl (C=O) groups excluding carboxylic acids is 3. The topological polar surface area (TPSA) is 191 Å². The van der Waals surface area contributed by atoms with Crippen molar-refractivity contribution >= 4 is 23.7 Å². The number of carbonyl (C=O) groups is 4. The number of nitrogens with one attached hydrogen (secondary N) is 3. The molecule has 29 heavy (non-hydrogen) atoms. The second-order valence-corrected chi connectivity index (χ2v) is 7.75. The minimum atomic E-state index is -1.52. The van der Waals surface area contributed by atoms with Gasteiger partial charge in [0.1, 0.15) is 18.1 Å². The van der Waals surface area contributed by atoms with Crippen LogP contribution in [0.25, 0.3) is 0 Å². The molecule has 0 heterocycles.